The third-order valence-corrected chi connectivity index (χ3v) is 3.88. The van der Waals surface area contributed by atoms with Crippen molar-refractivity contribution in [1.82, 2.24) is 5.32 Å². The van der Waals surface area contributed by atoms with Crippen LogP contribution in [-0.4, -0.2) is 24.5 Å². The summed E-state index contributed by atoms with van der Waals surface area (Å²) in [4.78, 5) is 14.4. The van der Waals surface area contributed by atoms with E-state index in [0.29, 0.717) is 6.04 Å². The highest BCUT2D eigenvalue weighted by Crippen LogP contribution is 2.28. The number of para-hydroxylation sites is 1. The van der Waals surface area contributed by atoms with Crippen LogP contribution < -0.4 is 10.2 Å². The molecule has 0 spiro atoms. The number of benzene rings is 1. The Hall–Kier alpha value is -1.35. The van der Waals surface area contributed by atoms with Crippen LogP contribution >= 0.6 is 0 Å². The molecular formula is C15H20N2O. The average Bonchev–Trinajstić information content (AvgIpc) is 3.15. The summed E-state index contributed by atoms with van der Waals surface area (Å²) in [7, 11) is 0. The van der Waals surface area contributed by atoms with E-state index < -0.39 is 0 Å². The lowest BCUT2D eigenvalue weighted by Gasteiger charge is -2.20. The molecule has 3 heteroatoms. The van der Waals surface area contributed by atoms with Crippen LogP contribution in [0.2, 0.25) is 0 Å². The molecule has 1 N–H and O–H groups in total. The van der Waals surface area contributed by atoms with Gasteiger partial charge in [0.25, 0.3) is 0 Å². The Balaban J connectivity index is 1.78. The van der Waals surface area contributed by atoms with Crippen molar-refractivity contribution in [2.24, 2.45) is 0 Å². The molecular weight excluding hydrogens is 224 g/mol. The molecule has 0 aromatic heterocycles. The number of nitrogens with one attached hydrogen (secondary N) is 1. The molecule has 0 bridgehead atoms. The number of carbonyl (C=O) groups is 1. The number of anilines is 1. The average molecular weight is 244 g/mol. The highest BCUT2D eigenvalue weighted by Gasteiger charge is 2.36. The molecule has 1 aromatic carbocycles. The van der Waals surface area contributed by atoms with Gasteiger partial charge in [0.1, 0.15) is 0 Å². The van der Waals surface area contributed by atoms with Crippen LogP contribution in [0.3, 0.4) is 0 Å². The quantitative estimate of drug-likeness (QED) is 0.879. The smallest absolute Gasteiger partial charge is 0.244 e. The highest BCUT2D eigenvalue weighted by molar-refractivity contribution is 6.00. The van der Waals surface area contributed by atoms with Crippen molar-refractivity contribution < 1.29 is 4.79 Å². The van der Waals surface area contributed by atoms with Crippen LogP contribution in [0.25, 0.3) is 0 Å². The molecule has 3 rings (SSSR count). The minimum Gasteiger partial charge on any atom is -0.311 e. The first kappa shape index (κ1) is 11.7. The normalized spacial score (nSPS) is 23.7. The molecule has 1 heterocycles. The van der Waals surface area contributed by atoms with E-state index in [1.165, 1.54) is 18.4 Å². The summed E-state index contributed by atoms with van der Waals surface area (Å²) in [5, 5.41) is 3.45. The van der Waals surface area contributed by atoms with Crippen molar-refractivity contribution in [1.29, 1.82) is 0 Å². The molecule has 2 fully saturated rings. The second-order valence-electron chi connectivity index (χ2n) is 5.25. The van der Waals surface area contributed by atoms with Gasteiger partial charge >= 0.3 is 0 Å². The summed E-state index contributed by atoms with van der Waals surface area (Å²) in [6.07, 6.45) is 4.37. The van der Waals surface area contributed by atoms with Gasteiger partial charge in [0.05, 0.1) is 6.04 Å². The molecule has 3 nitrogen and oxygen atoms in total. The van der Waals surface area contributed by atoms with Crippen LogP contribution in [0.5, 0.6) is 0 Å². The number of hydrogen-bond acceptors (Lipinski definition) is 2. The number of hydrogen-bond donors (Lipinski definition) is 1. The summed E-state index contributed by atoms with van der Waals surface area (Å²) < 4.78 is 0. The molecule has 1 atom stereocenters. The minimum atomic E-state index is 0.0439. The van der Waals surface area contributed by atoms with Crippen molar-refractivity contribution in [3.8, 4) is 0 Å². The Kier molecular flexibility index (Phi) is 3.08. The maximum Gasteiger partial charge on any atom is 0.244 e. The van der Waals surface area contributed by atoms with Gasteiger partial charge in [-0.1, -0.05) is 25.1 Å². The monoisotopic (exact) mass is 244 g/mol. The zero-order chi connectivity index (χ0) is 12.5. The molecule has 1 aliphatic heterocycles. The van der Waals surface area contributed by atoms with Crippen LogP contribution in [0.1, 0.15) is 31.7 Å². The molecule has 2 aliphatic rings. The highest BCUT2D eigenvalue weighted by atomic mass is 16.2. The van der Waals surface area contributed by atoms with Crippen molar-refractivity contribution in [3.63, 3.8) is 0 Å². The van der Waals surface area contributed by atoms with Gasteiger partial charge in [-0.2, -0.15) is 0 Å². The Morgan fingerprint density at radius 2 is 2.06 bits per heavy atom. The summed E-state index contributed by atoms with van der Waals surface area (Å²) >= 11 is 0. The van der Waals surface area contributed by atoms with Crippen LogP contribution in [0.15, 0.2) is 24.3 Å². The fraction of sp³-hybridized carbons (Fsp3) is 0.533. The number of aryl methyl sites for hydroxylation is 1. The molecule has 18 heavy (non-hydrogen) atoms. The fourth-order valence-corrected chi connectivity index (χ4v) is 2.68. The Labute approximate surface area is 108 Å². The van der Waals surface area contributed by atoms with Gasteiger partial charge in [0, 0.05) is 18.3 Å². The predicted octanol–water partition coefficient (Wildman–Crippen LogP) is 2.11. The predicted molar refractivity (Wildman–Crippen MR) is 72.7 cm³/mol. The van der Waals surface area contributed by atoms with Gasteiger partial charge in [0.2, 0.25) is 5.91 Å². The maximum atomic E-state index is 12.4. The van der Waals surface area contributed by atoms with E-state index in [0.717, 1.165) is 25.1 Å². The first-order valence-corrected chi connectivity index (χ1v) is 6.95. The van der Waals surface area contributed by atoms with E-state index in [2.05, 4.69) is 24.4 Å². The van der Waals surface area contributed by atoms with Gasteiger partial charge in [-0.15, -0.1) is 0 Å². The number of amides is 1. The first-order chi connectivity index (χ1) is 8.79. The first-order valence-electron chi connectivity index (χ1n) is 6.95. The lowest BCUT2D eigenvalue weighted by Crippen LogP contribution is -2.39. The van der Waals surface area contributed by atoms with Crippen molar-refractivity contribution in [3.05, 3.63) is 29.8 Å². The van der Waals surface area contributed by atoms with Crippen LogP contribution in [0.4, 0.5) is 5.69 Å². The molecule has 1 unspecified atom stereocenters. The second kappa shape index (κ2) is 4.73. The van der Waals surface area contributed by atoms with Gasteiger partial charge in [-0.3, -0.25) is 4.79 Å². The van der Waals surface area contributed by atoms with Gasteiger partial charge in [-0.25, -0.2) is 0 Å². The zero-order valence-corrected chi connectivity index (χ0v) is 10.9. The summed E-state index contributed by atoms with van der Waals surface area (Å²) in [5.41, 5.74) is 2.36. The van der Waals surface area contributed by atoms with E-state index in [1.807, 2.05) is 17.0 Å². The topological polar surface area (TPSA) is 32.3 Å². The van der Waals surface area contributed by atoms with Gasteiger partial charge in [0.15, 0.2) is 0 Å². The number of carbonyl (C=O) groups excluding carboxylic acids is 1. The van der Waals surface area contributed by atoms with Crippen LogP contribution in [0, 0.1) is 0 Å². The minimum absolute atomic E-state index is 0.0439. The van der Waals surface area contributed by atoms with Gasteiger partial charge in [-0.05, 0) is 37.3 Å². The molecule has 1 aliphatic carbocycles. The van der Waals surface area contributed by atoms with E-state index in [1.54, 1.807) is 0 Å². The lowest BCUT2D eigenvalue weighted by molar-refractivity contribution is -0.118. The van der Waals surface area contributed by atoms with Crippen LogP contribution in [-0.2, 0) is 11.2 Å². The molecule has 1 saturated heterocycles. The van der Waals surface area contributed by atoms with E-state index >= 15 is 0 Å². The summed E-state index contributed by atoms with van der Waals surface area (Å²) in [6, 6.07) is 8.88. The van der Waals surface area contributed by atoms with Crippen molar-refractivity contribution in [2.75, 3.05) is 11.4 Å². The SMILES string of the molecule is CCc1ccccc1N1CCC(NC2CC2)C1=O. The van der Waals surface area contributed by atoms with E-state index in [-0.39, 0.29) is 11.9 Å². The summed E-state index contributed by atoms with van der Waals surface area (Å²) in [5.74, 6) is 0.253. The zero-order valence-electron chi connectivity index (χ0n) is 10.9. The summed E-state index contributed by atoms with van der Waals surface area (Å²) in [6.45, 7) is 2.99. The number of rotatable bonds is 4. The molecule has 96 valence electrons. The lowest BCUT2D eigenvalue weighted by atomic mass is 10.1. The molecule has 1 amide bonds. The van der Waals surface area contributed by atoms with Gasteiger partial charge < -0.3 is 10.2 Å². The molecule has 0 radical (unpaired) electrons. The van der Waals surface area contributed by atoms with E-state index in [4.69, 9.17) is 0 Å². The molecule has 1 aromatic rings. The second-order valence-corrected chi connectivity index (χ2v) is 5.25. The van der Waals surface area contributed by atoms with E-state index in [9.17, 15) is 4.79 Å². The molecule has 1 saturated carbocycles. The maximum absolute atomic E-state index is 12.4. The van der Waals surface area contributed by atoms with Crippen molar-refractivity contribution >= 4 is 11.6 Å². The largest absolute Gasteiger partial charge is 0.311 e. The van der Waals surface area contributed by atoms with Crippen molar-refractivity contribution in [2.45, 2.75) is 44.7 Å². The third-order valence-electron chi connectivity index (χ3n) is 3.88. The fourth-order valence-electron chi connectivity index (χ4n) is 2.68. The Bertz CT molecular complexity index is 454. The standard InChI is InChI=1S/C15H20N2O/c1-2-11-5-3-4-6-14(11)17-10-9-13(15(17)18)16-12-7-8-12/h3-6,12-13,16H,2,7-10H2,1H3. The Morgan fingerprint density at radius 1 is 1.28 bits per heavy atom. The number of nitrogens with zero attached hydrogens (tertiary/aromatic N) is 1. The Morgan fingerprint density at radius 3 is 2.78 bits per heavy atom. The third kappa shape index (κ3) is 2.15.